The molecule has 49 heavy (non-hydrogen) atoms. The largest absolute Gasteiger partial charge is 0.366 e. The Hall–Kier alpha value is -5.17. The average molecular weight is 661 g/mol. The quantitative estimate of drug-likeness (QED) is 0.231. The topological polar surface area (TPSA) is 141 Å². The molecule has 13 heteroatoms. The zero-order chi connectivity index (χ0) is 33.6. The zero-order valence-corrected chi connectivity index (χ0v) is 27.9. The predicted molar refractivity (Wildman–Crippen MR) is 185 cm³/mol. The summed E-state index contributed by atoms with van der Waals surface area (Å²) in [5.74, 6) is 0.170. The lowest BCUT2D eigenvalue weighted by Crippen LogP contribution is -2.48. The highest BCUT2D eigenvalue weighted by Gasteiger charge is 2.35. The second kappa shape index (κ2) is 12.7. The fourth-order valence-electron chi connectivity index (χ4n) is 7.13. The third kappa shape index (κ3) is 6.03. The van der Waals surface area contributed by atoms with Gasteiger partial charge in [-0.2, -0.15) is 5.10 Å². The molecule has 0 radical (unpaired) electrons. The van der Waals surface area contributed by atoms with Gasteiger partial charge in [0.05, 0.1) is 47.2 Å². The minimum Gasteiger partial charge on any atom is -0.366 e. The molecule has 0 unspecified atom stereocenters. The van der Waals surface area contributed by atoms with Crippen molar-refractivity contribution < 1.29 is 14.4 Å². The molecule has 2 N–H and O–H groups in total. The summed E-state index contributed by atoms with van der Waals surface area (Å²) in [6.45, 7) is 6.48. The Morgan fingerprint density at radius 2 is 1.76 bits per heavy atom. The standard InChI is InChI=1S/C36H40N10O3/c1-3-31(47)33-29(16-32(41-42-33)40-35(48)22-12-13-22)39-27-10-7-9-25-26-17-37-46(30(26)21-43(2)34(25)27)24-19-44(20-24)18-23-8-6-11-28(38-23)36(49)45-14-4-5-15-45/h6-11,16-17,22,24H,3-5,12-15,18-21H2,1-2H3,(H2,39,40,41,48). The maximum absolute atomic E-state index is 12.9. The summed E-state index contributed by atoms with van der Waals surface area (Å²) in [5, 5.41) is 19.5. The first kappa shape index (κ1) is 31.1. The molecule has 3 fully saturated rings. The van der Waals surface area contributed by atoms with E-state index in [1.807, 2.05) is 41.4 Å². The van der Waals surface area contributed by atoms with E-state index >= 15 is 0 Å². The van der Waals surface area contributed by atoms with Gasteiger partial charge in [-0.05, 0) is 43.9 Å². The van der Waals surface area contributed by atoms with E-state index < -0.39 is 0 Å². The summed E-state index contributed by atoms with van der Waals surface area (Å²) >= 11 is 0. The molecule has 13 nitrogen and oxygen atoms in total. The van der Waals surface area contributed by atoms with Gasteiger partial charge in [-0.25, -0.2) is 4.98 Å². The van der Waals surface area contributed by atoms with Gasteiger partial charge in [-0.3, -0.25) is 24.0 Å². The number of hydrogen-bond donors (Lipinski definition) is 2. The number of amides is 2. The van der Waals surface area contributed by atoms with Crippen molar-refractivity contribution in [3.8, 4) is 11.1 Å². The molecule has 3 aliphatic heterocycles. The number of aromatic nitrogens is 5. The van der Waals surface area contributed by atoms with Crippen molar-refractivity contribution >= 4 is 40.5 Å². The Bertz CT molecular complexity index is 1940. The van der Waals surface area contributed by atoms with Crippen molar-refractivity contribution in [2.75, 3.05) is 48.8 Å². The van der Waals surface area contributed by atoms with E-state index in [9.17, 15) is 14.4 Å². The molecule has 4 aromatic rings. The van der Waals surface area contributed by atoms with Crippen LogP contribution in [0.2, 0.25) is 0 Å². The van der Waals surface area contributed by atoms with Crippen LogP contribution in [0.3, 0.4) is 0 Å². The van der Waals surface area contributed by atoms with Crippen molar-refractivity contribution in [3.63, 3.8) is 0 Å². The highest BCUT2D eigenvalue weighted by Crippen LogP contribution is 2.45. The maximum atomic E-state index is 12.9. The van der Waals surface area contributed by atoms with Gasteiger partial charge in [0.25, 0.3) is 5.91 Å². The molecule has 252 valence electrons. The number of carbonyl (C=O) groups is 3. The highest BCUT2D eigenvalue weighted by molar-refractivity contribution is 6.02. The number of anilines is 4. The monoisotopic (exact) mass is 660 g/mol. The highest BCUT2D eigenvalue weighted by atomic mass is 16.2. The number of pyridine rings is 1. The lowest BCUT2D eigenvalue weighted by Gasteiger charge is -2.40. The van der Waals surface area contributed by atoms with Crippen LogP contribution < -0.4 is 15.5 Å². The van der Waals surface area contributed by atoms with Crippen LogP contribution in [0, 0.1) is 5.92 Å². The molecule has 4 aliphatic rings. The summed E-state index contributed by atoms with van der Waals surface area (Å²) in [7, 11) is 2.06. The predicted octanol–water partition coefficient (Wildman–Crippen LogP) is 4.66. The smallest absolute Gasteiger partial charge is 0.272 e. The maximum Gasteiger partial charge on any atom is 0.272 e. The van der Waals surface area contributed by atoms with E-state index in [-0.39, 0.29) is 41.7 Å². The van der Waals surface area contributed by atoms with Crippen LogP contribution in [0.1, 0.15) is 77.4 Å². The fourth-order valence-corrected chi connectivity index (χ4v) is 7.13. The molecule has 0 bridgehead atoms. The number of likely N-dealkylation sites (tertiary alicyclic amines) is 2. The number of nitrogens with one attached hydrogen (secondary N) is 2. The number of rotatable bonds is 10. The van der Waals surface area contributed by atoms with E-state index in [0.717, 1.165) is 85.8 Å². The van der Waals surface area contributed by atoms with Crippen LogP contribution in [0.25, 0.3) is 11.1 Å². The van der Waals surface area contributed by atoms with Crippen LogP contribution in [-0.2, 0) is 17.9 Å². The van der Waals surface area contributed by atoms with Crippen molar-refractivity contribution in [1.29, 1.82) is 0 Å². The van der Waals surface area contributed by atoms with Crippen LogP contribution >= 0.6 is 0 Å². The van der Waals surface area contributed by atoms with Gasteiger partial charge in [0, 0.05) is 69.3 Å². The third-order valence-electron chi connectivity index (χ3n) is 9.93. The fraction of sp³-hybridized carbons (Fsp3) is 0.417. The minimum absolute atomic E-state index is 0.0218. The average Bonchev–Trinajstić information content (AvgIpc) is 3.65. The number of benzene rings is 1. The van der Waals surface area contributed by atoms with Gasteiger partial charge >= 0.3 is 0 Å². The van der Waals surface area contributed by atoms with Gasteiger partial charge in [0.1, 0.15) is 5.69 Å². The molecule has 0 spiro atoms. The second-order valence-electron chi connectivity index (χ2n) is 13.5. The molecular weight excluding hydrogens is 620 g/mol. The second-order valence-corrected chi connectivity index (χ2v) is 13.5. The number of nitrogens with zero attached hydrogens (tertiary/aromatic N) is 8. The number of carbonyl (C=O) groups excluding carboxylic acids is 3. The molecule has 3 aromatic heterocycles. The molecule has 1 aromatic carbocycles. The third-order valence-corrected chi connectivity index (χ3v) is 9.93. The first-order valence-electron chi connectivity index (χ1n) is 17.2. The van der Waals surface area contributed by atoms with Crippen molar-refractivity contribution in [2.45, 2.75) is 58.2 Å². The van der Waals surface area contributed by atoms with E-state index in [4.69, 9.17) is 10.1 Å². The van der Waals surface area contributed by atoms with Crippen molar-refractivity contribution in [1.82, 2.24) is 34.8 Å². The van der Waals surface area contributed by atoms with Gasteiger partial charge in [0.15, 0.2) is 17.3 Å². The lowest BCUT2D eigenvalue weighted by atomic mass is 9.97. The summed E-state index contributed by atoms with van der Waals surface area (Å²) < 4.78 is 2.16. The zero-order valence-electron chi connectivity index (χ0n) is 27.9. The Morgan fingerprint density at radius 3 is 2.53 bits per heavy atom. The minimum atomic E-state index is -0.134. The number of ketones is 1. The van der Waals surface area contributed by atoms with Gasteiger partial charge in [0.2, 0.25) is 5.91 Å². The number of Topliss-reactive ketones (excluding diaryl/α,β-unsaturated/α-hetero) is 1. The molecule has 1 saturated carbocycles. The van der Waals surface area contributed by atoms with E-state index in [1.165, 1.54) is 0 Å². The Balaban J connectivity index is 0.992. The van der Waals surface area contributed by atoms with Crippen LogP contribution in [0.15, 0.2) is 48.7 Å². The van der Waals surface area contributed by atoms with Crippen molar-refractivity contribution in [3.05, 3.63) is 71.4 Å². The summed E-state index contributed by atoms with van der Waals surface area (Å²) in [5.41, 5.74) is 7.29. The Morgan fingerprint density at radius 1 is 0.959 bits per heavy atom. The van der Waals surface area contributed by atoms with E-state index in [2.05, 4.69) is 48.4 Å². The SMILES string of the molecule is CCC(=O)c1nnc(NC(=O)C2CC2)cc1Nc1cccc2c1N(C)Cc1c-2cnn1C1CN(Cc2cccc(C(=O)N3CCCC3)n2)C1. The molecule has 0 atom stereocenters. The molecule has 2 amide bonds. The number of hydrogen-bond acceptors (Lipinski definition) is 10. The van der Waals surface area contributed by atoms with Crippen molar-refractivity contribution in [2.24, 2.45) is 5.92 Å². The molecular formula is C36H40N10O3. The van der Waals surface area contributed by atoms with Crippen LogP contribution in [-0.4, -0.2) is 85.6 Å². The molecule has 8 rings (SSSR count). The molecule has 6 heterocycles. The summed E-state index contributed by atoms with van der Waals surface area (Å²) in [6.07, 6.45) is 6.12. The molecule has 1 aliphatic carbocycles. The van der Waals surface area contributed by atoms with E-state index in [1.54, 1.807) is 13.0 Å². The number of fused-ring (bicyclic) bond motifs is 3. The van der Waals surface area contributed by atoms with Gasteiger partial charge in [-0.15, -0.1) is 10.2 Å². The first-order valence-corrected chi connectivity index (χ1v) is 17.2. The lowest BCUT2D eigenvalue weighted by molar-refractivity contribution is -0.117. The van der Waals surface area contributed by atoms with Gasteiger partial charge < -0.3 is 20.4 Å². The Kier molecular flexibility index (Phi) is 8.06. The Labute approximate surface area is 284 Å². The first-order chi connectivity index (χ1) is 23.9. The van der Waals surface area contributed by atoms with Crippen LogP contribution in [0.5, 0.6) is 0 Å². The van der Waals surface area contributed by atoms with E-state index in [0.29, 0.717) is 30.3 Å². The summed E-state index contributed by atoms with van der Waals surface area (Å²) in [6, 6.07) is 13.8. The number of para-hydroxylation sites is 1. The molecule has 2 saturated heterocycles. The summed E-state index contributed by atoms with van der Waals surface area (Å²) in [4.78, 5) is 49.3. The normalized spacial score (nSPS) is 17.3. The van der Waals surface area contributed by atoms with Crippen LogP contribution in [0.4, 0.5) is 22.9 Å². The van der Waals surface area contributed by atoms with Gasteiger partial charge in [-0.1, -0.05) is 25.1 Å².